The fraction of sp³-hybridized carbons (Fsp3) is 0.455. The van der Waals surface area contributed by atoms with Crippen LogP contribution in [-0.2, 0) is 10.3 Å². The number of methoxy groups -OCH3 is 1. The topological polar surface area (TPSA) is 35.2 Å². The molecule has 0 aromatic heterocycles. The van der Waals surface area contributed by atoms with Gasteiger partial charge in [-0.15, -0.1) is 0 Å². The Morgan fingerprint density at radius 1 is 1.40 bits per heavy atom. The maximum atomic E-state index is 13.5. The molecule has 84 valence electrons. The summed E-state index contributed by atoms with van der Waals surface area (Å²) in [7, 11) is 1.48. The first-order valence-corrected chi connectivity index (χ1v) is 4.77. The number of hydrogen-bond acceptors (Lipinski definition) is 2. The molecule has 0 fully saturated rings. The Bertz CT molecular complexity index is 343. The summed E-state index contributed by atoms with van der Waals surface area (Å²) in [4.78, 5) is 0. The summed E-state index contributed by atoms with van der Waals surface area (Å²) in [6.45, 7) is 1.97. The molecule has 1 atom stereocenters. The predicted molar refractivity (Wildman–Crippen MR) is 54.4 cm³/mol. The second-order valence-corrected chi connectivity index (χ2v) is 3.57. The fourth-order valence-electron chi connectivity index (χ4n) is 1.51. The maximum absolute atomic E-state index is 13.5. The lowest BCUT2D eigenvalue weighted by atomic mass is 9.88. The molecule has 0 amide bonds. The van der Waals surface area contributed by atoms with Gasteiger partial charge in [-0.3, -0.25) is 0 Å². The molecule has 2 nitrogen and oxygen atoms in total. The number of ether oxygens (including phenoxy) is 1. The second-order valence-electron chi connectivity index (χ2n) is 3.57. The first-order valence-electron chi connectivity index (χ1n) is 4.77. The summed E-state index contributed by atoms with van der Waals surface area (Å²) >= 11 is 0. The molecule has 0 heterocycles. The molecule has 0 saturated carbocycles. The molecule has 0 aliphatic carbocycles. The highest BCUT2D eigenvalue weighted by atomic mass is 19.1. The molecule has 15 heavy (non-hydrogen) atoms. The lowest BCUT2D eigenvalue weighted by Crippen LogP contribution is -2.41. The SMILES string of the molecule is CCC(N)(COC)c1cc(F)ccc1F. The third kappa shape index (κ3) is 2.52. The van der Waals surface area contributed by atoms with E-state index in [0.29, 0.717) is 6.42 Å². The summed E-state index contributed by atoms with van der Waals surface area (Å²) < 4.78 is 31.4. The zero-order chi connectivity index (χ0) is 11.5. The van der Waals surface area contributed by atoms with E-state index in [1.165, 1.54) is 7.11 Å². The van der Waals surface area contributed by atoms with Crippen molar-refractivity contribution in [3.05, 3.63) is 35.4 Å². The molecule has 2 N–H and O–H groups in total. The van der Waals surface area contributed by atoms with Crippen LogP contribution >= 0.6 is 0 Å². The molecule has 1 aromatic rings. The van der Waals surface area contributed by atoms with E-state index in [-0.39, 0.29) is 12.2 Å². The molecule has 4 heteroatoms. The summed E-state index contributed by atoms with van der Waals surface area (Å²) in [5.74, 6) is -0.997. The first-order chi connectivity index (χ1) is 7.03. The van der Waals surface area contributed by atoms with Crippen LogP contribution in [-0.4, -0.2) is 13.7 Å². The van der Waals surface area contributed by atoms with Crippen LogP contribution in [0, 0.1) is 11.6 Å². The van der Waals surface area contributed by atoms with E-state index in [2.05, 4.69) is 0 Å². The van der Waals surface area contributed by atoms with E-state index >= 15 is 0 Å². The maximum Gasteiger partial charge on any atom is 0.128 e. The van der Waals surface area contributed by atoms with Crippen molar-refractivity contribution in [3.8, 4) is 0 Å². The van der Waals surface area contributed by atoms with Gasteiger partial charge in [0, 0.05) is 12.7 Å². The second kappa shape index (κ2) is 4.68. The number of hydrogen-bond donors (Lipinski definition) is 1. The number of halogens is 2. The number of benzene rings is 1. The highest BCUT2D eigenvalue weighted by molar-refractivity contribution is 5.26. The highest BCUT2D eigenvalue weighted by Crippen LogP contribution is 2.25. The van der Waals surface area contributed by atoms with Crippen LogP contribution in [0.4, 0.5) is 8.78 Å². The van der Waals surface area contributed by atoms with Gasteiger partial charge >= 0.3 is 0 Å². The van der Waals surface area contributed by atoms with Gasteiger partial charge < -0.3 is 10.5 Å². The van der Waals surface area contributed by atoms with Gasteiger partial charge in [-0.05, 0) is 24.6 Å². The van der Waals surface area contributed by atoms with Crippen LogP contribution in [0.25, 0.3) is 0 Å². The van der Waals surface area contributed by atoms with Crippen LogP contribution in [0.2, 0.25) is 0 Å². The average Bonchev–Trinajstić information content (AvgIpc) is 2.22. The Labute approximate surface area is 88.0 Å². The van der Waals surface area contributed by atoms with Crippen molar-refractivity contribution >= 4 is 0 Å². The standard InChI is InChI=1S/C11H15F2NO/c1-3-11(14,7-15-2)9-6-8(12)4-5-10(9)13/h4-6H,3,7,14H2,1-2H3. The van der Waals surface area contributed by atoms with Crippen LogP contribution in [0.3, 0.4) is 0 Å². The fourth-order valence-corrected chi connectivity index (χ4v) is 1.51. The van der Waals surface area contributed by atoms with Crippen LogP contribution in [0.15, 0.2) is 18.2 Å². The van der Waals surface area contributed by atoms with Crippen molar-refractivity contribution in [2.24, 2.45) is 5.73 Å². The Kier molecular flexibility index (Phi) is 3.77. The predicted octanol–water partition coefficient (Wildman–Crippen LogP) is 2.18. The monoisotopic (exact) mass is 215 g/mol. The minimum atomic E-state index is -0.971. The van der Waals surface area contributed by atoms with E-state index in [9.17, 15) is 8.78 Å². The van der Waals surface area contributed by atoms with Gasteiger partial charge in [-0.25, -0.2) is 8.78 Å². The molecule has 1 rings (SSSR count). The minimum Gasteiger partial charge on any atom is -0.382 e. The minimum absolute atomic E-state index is 0.157. The van der Waals surface area contributed by atoms with Gasteiger partial charge in [0.2, 0.25) is 0 Å². The molecule has 0 aliphatic rings. The van der Waals surface area contributed by atoms with E-state index in [4.69, 9.17) is 10.5 Å². The van der Waals surface area contributed by atoms with Crippen molar-refractivity contribution in [1.82, 2.24) is 0 Å². The molecule has 0 spiro atoms. The van der Waals surface area contributed by atoms with Crippen molar-refractivity contribution < 1.29 is 13.5 Å². The Morgan fingerprint density at radius 2 is 2.07 bits per heavy atom. The van der Waals surface area contributed by atoms with Crippen LogP contribution in [0.1, 0.15) is 18.9 Å². The molecular weight excluding hydrogens is 200 g/mol. The van der Waals surface area contributed by atoms with Crippen molar-refractivity contribution in [1.29, 1.82) is 0 Å². The molecule has 0 radical (unpaired) electrons. The van der Waals surface area contributed by atoms with E-state index in [0.717, 1.165) is 18.2 Å². The third-order valence-electron chi connectivity index (χ3n) is 2.50. The Hall–Kier alpha value is -1.00. The molecule has 0 aliphatic heterocycles. The zero-order valence-electron chi connectivity index (χ0n) is 8.89. The van der Waals surface area contributed by atoms with Gasteiger partial charge in [-0.1, -0.05) is 6.92 Å². The smallest absolute Gasteiger partial charge is 0.128 e. The van der Waals surface area contributed by atoms with Crippen LogP contribution < -0.4 is 5.73 Å². The van der Waals surface area contributed by atoms with Crippen molar-refractivity contribution in [3.63, 3.8) is 0 Å². The zero-order valence-corrected chi connectivity index (χ0v) is 8.89. The third-order valence-corrected chi connectivity index (χ3v) is 2.50. The molecule has 0 bridgehead atoms. The lowest BCUT2D eigenvalue weighted by Gasteiger charge is -2.28. The summed E-state index contributed by atoms with van der Waals surface area (Å²) in [5.41, 5.74) is 5.16. The quantitative estimate of drug-likeness (QED) is 0.835. The molecule has 1 aromatic carbocycles. The largest absolute Gasteiger partial charge is 0.382 e. The van der Waals surface area contributed by atoms with Crippen molar-refractivity contribution in [2.75, 3.05) is 13.7 Å². The van der Waals surface area contributed by atoms with E-state index in [1.54, 1.807) is 0 Å². The summed E-state index contributed by atoms with van der Waals surface area (Å²) in [6, 6.07) is 3.27. The molecule has 0 saturated heterocycles. The van der Waals surface area contributed by atoms with Crippen molar-refractivity contribution in [2.45, 2.75) is 18.9 Å². The van der Waals surface area contributed by atoms with Gasteiger partial charge in [0.25, 0.3) is 0 Å². The van der Waals surface area contributed by atoms with Crippen LogP contribution in [0.5, 0.6) is 0 Å². The number of nitrogens with two attached hydrogens (primary N) is 1. The summed E-state index contributed by atoms with van der Waals surface area (Å²) in [5, 5.41) is 0. The normalized spacial score (nSPS) is 15.0. The highest BCUT2D eigenvalue weighted by Gasteiger charge is 2.28. The molecular formula is C11H15F2NO. The first kappa shape index (κ1) is 12.1. The lowest BCUT2D eigenvalue weighted by molar-refractivity contribution is 0.127. The Balaban J connectivity index is 3.16. The summed E-state index contributed by atoms with van der Waals surface area (Å²) in [6.07, 6.45) is 0.473. The molecule has 1 unspecified atom stereocenters. The average molecular weight is 215 g/mol. The van der Waals surface area contributed by atoms with Gasteiger partial charge in [-0.2, -0.15) is 0 Å². The van der Waals surface area contributed by atoms with Gasteiger partial charge in [0.15, 0.2) is 0 Å². The number of rotatable bonds is 4. The Morgan fingerprint density at radius 3 is 2.60 bits per heavy atom. The van der Waals surface area contributed by atoms with E-state index in [1.807, 2.05) is 6.92 Å². The van der Waals surface area contributed by atoms with E-state index < -0.39 is 17.2 Å². The van der Waals surface area contributed by atoms with Gasteiger partial charge in [0.05, 0.1) is 12.1 Å². The van der Waals surface area contributed by atoms with Gasteiger partial charge in [0.1, 0.15) is 11.6 Å².